The lowest BCUT2D eigenvalue weighted by Gasteiger charge is -2.03. The number of hydrogen-bond donors (Lipinski definition) is 2. The van der Waals surface area contributed by atoms with Crippen molar-refractivity contribution in [2.24, 2.45) is 5.73 Å². The molecule has 1 atom stereocenters. The van der Waals surface area contributed by atoms with E-state index in [0.717, 1.165) is 5.84 Å². The molecule has 1 aromatic rings. The van der Waals surface area contributed by atoms with Gasteiger partial charge in [0.15, 0.2) is 0 Å². The van der Waals surface area contributed by atoms with Crippen LogP contribution < -0.4 is 10.7 Å². The maximum Gasteiger partial charge on any atom is 0.237 e. The molecule has 0 aliphatic rings. The fourth-order valence-electron chi connectivity index (χ4n) is 1.17. The molecule has 2 nitrogen and oxygen atoms in total. The Kier molecular flexibility index (Phi) is 2.86. The van der Waals surface area contributed by atoms with E-state index < -0.39 is 0 Å². The highest BCUT2D eigenvalue weighted by atomic mass is 14.9. The minimum atomic E-state index is 0.288. The average Bonchev–Trinajstić information content (AvgIpc) is 2.05. The summed E-state index contributed by atoms with van der Waals surface area (Å²) in [6, 6.07) is 10.5. The molecule has 12 heavy (non-hydrogen) atoms. The molecule has 0 aliphatic carbocycles. The van der Waals surface area contributed by atoms with Gasteiger partial charge in [0.2, 0.25) is 5.84 Å². The van der Waals surface area contributed by atoms with Gasteiger partial charge in [-0.3, -0.25) is 10.7 Å². The molecule has 0 radical (unpaired) electrons. The molecule has 0 spiro atoms. The van der Waals surface area contributed by atoms with Crippen LogP contribution in [-0.4, -0.2) is 5.84 Å². The van der Waals surface area contributed by atoms with E-state index in [-0.39, 0.29) is 6.04 Å². The van der Waals surface area contributed by atoms with E-state index in [1.54, 1.807) is 0 Å². The second-order valence-electron chi connectivity index (χ2n) is 2.96. The number of benzene rings is 1. The number of rotatable bonds is 2. The van der Waals surface area contributed by atoms with Gasteiger partial charge in [-0.05, 0) is 12.5 Å². The molecule has 64 valence electrons. The third-order valence-corrected chi connectivity index (χ3v) is 1.74. The number of amidine groups is 1. The van der Waals surface area contributed by atoms with Crippen molar-refractivity contribution in [2.45, 2.75) is 19.9 Å². The van der Waals surface area contributed by atoms with Crippen LogP contribution in [0.25, 0.3) is 0 Å². The first-order chi connectivity index (χ1) is 5.70. The molecule has 0 aromatic heterocycles. The summed E-state index contributed by atoms with van der Waals surface area (Å²) in [5.41, 5.74) is 6.79. The lowest BCUT2D eigenvalue weighted by atomic mass is 10.1. The summed E-state index contributed by atoms with van der Waals surface area (Å²) in [5, 5.41) is 0. The second kappa shape index (κ2) is 3.90. The molecule has 1 unspecified atom stereocenters. The predicted molar refractivity (Wildman–Crippen MR) is 50.7 cm³/mol. The Labute approximate surface area is 73.1 Å². The van der Waals surface area contributed by atoms with Gasteiger partial charge in [0.1, 0.15) is 6.04 Å². The Morgan fingerprint density at radius 1 is 1.33 bits per heavy atom. The molecular formula is C10H15N2+. The molecule has 0 amide bonds. The van der Waals surface area contributed by atoms with E-state index in [1.807, 2.05) is 25.1 Å². The van der Waals surface area contributed by atoms with E-state index >= 15 is 0 Å². The van der Waals surface area contributed by atoms with E-state index in [4.69, 9.17) is 5.73 Å². The zero-order valence-electron chi connectivity index (χ0n) is 7.54. The highest BCUT2D eigenvalue weighted by molar-refractivity contribution is 5.71. The molecule has 1 rings (SSSR count). The maximum atomic E-state index is 5.54. The Morgan fingerprint density at radius 3 is 2.42 bits per heavy atom. The molecule has 3 N–H and O–H groups in total. The third-order valence-electron chi connectivity index (χ3n) is 1.74. The van der Waals surface area contributed by atoms with Gasteiger partial charge in [0.25, 0.3) is 0 Å². The lowest BCUT2D eigenvalue weighted by molar-refractivity contribution is -0.506. The van der Waals surface area contributed by atoms with Gasteiger partial charge >= 0.3 is 0 Å². The van der Waals surface area contributed by atoms with Crippen LogP contribution in [0.3, 0.4) is 0 Å². The number of nitrogens with two attached hydrogens (primary N) is 1. The molecule has 0 aliphatic heterocycles. The minimum Gasteiger partial charge on any atom is -0.291 e. The van der Waals surface area contributed by atoms with Gasteiger partial charge in [-0.1, -0.05) is 30.3 Å². The van der Waals surface area contributed by atoms with E-state index in [2.05, 4.69) is 24.0 Å². The summed E-state index contributed by atoms with van der Waals surface area (Å²) in [6.07, 6.45) is 0. The number of nitrogens with one attached hydrogen (secondary N) is 1. The van der Waals surface area contributed by atoms with E-state index in [0.29, 0.717) is 0 Å². The van der Waals surface area contributed by atoms with Crippen LogP contribution in [-0.2, 0) is 0 Å². The highest BCUT2D eigenvalue weighted by Crippen LogP contribution is 2.05. The van der Waals surface area contributed by atoms with Gasteiger partial charge in [-0.2, -0.15) is 0 Å². The number of hydrogen-bond acceptors (Lipinski definition) is 0. The molecule has 0 saturated heterocycles. The van der Waals surface area contributed by atoms with Crippen molar-refractivity contribution in [1.29, 1.82) is 0 Å². The summed E-state index contributed by atoms with van der Waals surface area (Å²) in [5.74, 6) is 0.756. The molecule has 1 aromatic carbocycles. The fraction of sp³-hybridized carbons (Fsp3) is 0.300. The second-order valence-corrected chi connectivity index (χ2v) is 2.96. The molecule has 0 fully saturated rings. The van der Waals surface area contributed by atoms with Crippen LogP contribution in [0.15, 0.2) is 30.3 Å². The first-order valence-corrected chi connectivity index (χ1v) is 4.10. The topological polar surface area (TPSA) is 40.0 Å². The van der Waals surface area contributed by atoms with Crippen molar-refractivity contribution in [3.63, 3.8) is 0 Å². The standard InChI is InChI=1S/C10H14N2/c1-8(12-9(2)11)10-6-4-3-5-7-10/h3-8H,1-2H3,(H2,11,12)/p+1. The minimum absolute atomic E-state index is 0.288. The Morgan fingerprint density at radius 2 is 1.92 bits per heavy atom. The van der Waals surface area contributed by atoms with Crippen molar-refractivity contribution in [3.8, 4) is 0 Å². The van der Waals surface area contributed by atoms with Crippen LogP contribution in [0.4, 0.5) is 0 Å². The molecule has 0 bridgehead atoms. The molecule has 0 heterocycles. The van der Waals surface area contributed by atoms with E-state index in [9.17, 15) is 0 Å². The quantitative estimate of drug-likeness (QED) is 0.474. The van der Waals surface area contributed by atoms with Gasteiger partial charge in [0, 0.05) is 6.92 Å². The van der Waals surface area contributed by atoms with Crippen molar-refractivity contribution < 1.29 is 4.99 Å². The van der Waals surface area contributed by atoms with Crippen molar-refractivity contribution >= 4 is 5.84 Å². The van der Waals surface area contributed by atoms with Gasteiger partial charge in [0.05, 0.1) is 0 Å². The van der Waals surface area contributed by atoms with E-state index in [1.165, 1.54) is 5.56 Å². The largest absolute Gasteiger partial charge is 0.291 e. The zero-order chi connectivity index (χ0) is 8.97. The Bertz CT molecular complexity index is 260. The predicted octanol–water partition coefficient (Wildman–Crippen LogP) is 0.205. The Balaban J connectivity index is 2.79. The average molecular weight is 163 g/mol. The Hall–Kier alpha value is -1.31. The van der Waals surface area contributed by atoms with Gasteiger partial charge in [-0.25, -0.2) is 0 Å². The van der Waals surface area contributed by atoms with Crippen molar-refractivity contribution in [3.05, 3.63) is 35.9 Å². The zero-order valence-corrected chi connectivity index (χ0v) is 7.54. The summed E-state index contributed by atoms with van der Waals surface area (Å²) in [7, 11) is 0. The summed E-state index contributed by atoms with van der Waals surface area (Å²) in [4.78, 5) is 3.15. The monoisotopic (exact) mass is 163 g/mol. The first kappa shape index (κ1) is 8.78. The van der Waals surface area contributed by atoms with Crippen molar-refractivity contribution in [2.75, 3.05) is 0 Å². The summed E-state index contributed by atoms with van der Waals surface area (Å²) < 4.78 is 0. The summed E-state index contributed by atoms with van der Waals surface area (Å²) in [6.45, 7) is 3.95. The van der Waals surface area contributed by atoms with Crippen LogP contribution >= 0.6 is 0 Å². The lowest BCUT2D eigenvalue weighted by Crippen LogP contribution is -2.75. The SMILES string of the molecule is CC(N)=[NH+]C(C)c1ccccc1. The van der Waals surface area contributed by atoms with Gasteiger partial charge < -0.3 is 0 Å². The molecule has 0 saturated carbocycles. The van der Waals surface area contributed by atoms with Crippen LogP contribution in [0, 0.1) is 0 Å². The highest BCUT2D eigenvalue weighted by Gasteiger charge is 2.03. The first-order valence-electron chi connectivity index (χ1n) is 4.10. The fourth-order valence-corrected chi connectivity index (χ4v) is 1.17. The maximum absolute atomic E-state index is 5.54. The smallest absolute Gasteiger partial charge is 0.237 e. The molecular weight excluding hydrogens is 148 g/mol. The van der Waals surface area contributed by atoms with Gasteiger partial charge in [-0.15, -0.1) is 0 Å². The third kappa shape index (κ3) is 2.38. The van der Waals surface area contributed by atoms with Crippen LogP contribution in [0.2, 0.25) is 0 Å². The van der Waals surface area contributed by atoms with Crippen molar-refractivity contribution in [1.82, 2.24) is 0 Å². The summed E-state index contributed by atoms with van der Waals surface area (Å²) >= 11 is 0. The molecule has 2 heteroatoms. The van der Waals surface area contributed by atoms with Crippen LogP contribution in [0.5, 0.6) is 0 Å². The normalized spacial score (nSPS) is 14.3. The van der Waals surface area contributed by atoms with Crippen LogP contribution in [0.1, 0.15) is 25.5 Å².